The molecule has 1 aromatic carbocycles. The van der Waals surface area contributed by atoms with Gasteiger partial charge in [0.15, 0.2) is 9.84 Å². The molecule has 0 aromatic heterocycles. The van der Waals surface area contributed by atoms with Crippen LogP contribution in [0, 0.1) is 0 Å². The third-order valence-electron chi connectivity index (χ3n) is 3.64. The minimum Gasteiger partial charge on any atom is -0.352 e. The number of carbonyl (C=O) groups excluding carboxylic acids is 2. The van der Waals surface area contributed by atoms with Gasteiger partial charge in [0, 0.05) is 18.0 Å². The van der Waals surface area contributed by atoms with Gasteiger partial charge in [0.05, 0.1) is 24.0 Å². The first-order valence-electron chi connectivity index (χ1n) is 7.27. The molecule has 0 aliphatic carbocycles. The predicted octanol–water partition coefficient (Wildman–Crippen LogP) is 1.21. The van der Waals surface area contributed by atoms with Crippen molar-refractivity contribution in [1.29, 1.82) is 0 Å². The van der Waals surface area contributed by atoms with Crippen LogP contribution in [0.4, 0.5) is 0 Å². The first-order chi connectivity index (χ1) is 10.7. The summed E-state index contributed by atoms with van der Waals surface area (Å²) in [6.45, 7) is 1.38. The minimum atomic E-state index is -3.04. The van der Waals surface area contributed by atoms with Crippen LogP contribution in [0.25, 0.3) is 0 Å². The zero-order valence-corrected chi connectivity index (χ0v) is 14.3. The fourth-order valence-electron chi connectivity index (χ4n) is 2.57. The van der Waals surface area contributed by atoms with Crippen LogP contribution in [0.2, 0.25) is 5.02 Å². The molecule has 1 heterocycles. The second-order valence-corrected chi connectivity index (χ2v) is 8.34. The van der Waals surface area contributed by atoms with Gasteiger partial charge in [-0.15, -0.1) is 0 Å². The number of benzene rings is 1. The number of sulfone groups is 1. The molecule has 0 saturated carbocycles. The van der Waals surface area contributed by atoms with E-state index >= 15 is 0 Å². The molecule has 2 N–H and O–H groups in total. The Kier molecular flexibility index (Phi) is 5.64. The van der Waals surface area contributed by atoms with E-state index in [0.717, 1.165) is 5.56 Å². The van der Waals surface area contributed by atoms with Crippen LogP contribution < -0.4 is 10.6 Å². The van der Waals surface area contributed by atoms with Gasteiger partial charge < -0.3 is 10.6 Å². The molecule has 1 aliphatic heterocycles. The summed E-state index contributed by atoms with van der Waals surface area (Å²) in [5.41, 5.74) is 0.763. The molecule has 1 aliphatic rings. The Balaban J connectivity index is 2.01. The van der Waals surface area contributed by atoms with E-state index in [4.69, 9.17) is 11.6 Å². The molecule has 0 unspecified atom stereocenters. The highest BCUT2D eigenvalue weighted by atomic mass is 35.5. The first-order valence-corrected chi connectivity index (χ1v) is 9.47. The third kappa shape index (κ3) is 5.51. The smallest absolute Gasteiger partial charge is 0.222 e. The molecule has 1 saturated heterocycles. The van der Waals surface area contributed by atoms with Gasteiger partial charge in [-0.1, -0.05) is 23.7 Å². The van der Waals surface area contributed by atoms with Crippen LogP contribution in [0.3, 0.4) is 0 Å². The highest BCUT2D eigenvalue weighted by molar-refractivity contribution is 7.91. The number of carbonyl (C=O) groups is 2. The van der Waals surface area contributed by atoms with Gasteiger partial charge in [-0.05, 0) is 24.1 Å². The molecule has 0 bridgehead atoms. The molecule has 126 valence electrons. The summed E-state index contributed by atoms with van der Waals surface area (Å²) in [7, 11) is -3.04. The second kappa shape index (κ2) is 7.31. The molecule has 0 spiro atoms. The van der Waals surface area contributed by atoms with Crippen LogP contribution in [-0.2, 0) is 19.4 Å². The number of amides is 2. The van der Waals surface area contributed by atoms with Crippen LogP contribution in [0.1, 0.15) is 31.4 Å². The van der Waals surface area contributed by atoms with Gasteiger partial charge in [-0.3, -0.25) is 9.59 Å². The number of hydrogen-bond donors (Lipinski definition) is 2. The van der Waals surface area contributed by atoms with E-state index in [1.165, 1.54) is 6.92 Å². The lowest BCUT2D eigenvalue weighted by atomic mass is 10.0. The van der Waals surface area contributed by atoms with Gasteiger partial charge in [0.25, 0.3) is 0 Å². The van der Waals surface area contributed by atoms with Crippen LogP contribution >= 0.6 is 11.6 Å². The molecule has 0 radical (unpaired) electrons. The monoisotopic (exact) mass is 358 g/mol. The Hall–Kier alpha value is -1.60. The van der Waals surface area contributed by atoms with Crippen molar-refractivity contribution in [2.24, 2.45) is 0 Å². The quantitative estimate of drug-likeness (QED) is 0.827. The second-order valence-electron chi connectivity index (χ2n) is 5.68. The van der Waals surface area contributed by atoms with E-state index < -0.39 is 15.9 Å². The van der Waals surface area contributed by atoms with Crippen LogP contribution in [-0.4, -0.2) is 37.8 Å². The fourth-order valence-corrected chi connectivity index (χ4v) is 4.37. The van der Waals surface area contributed by atoms with Crippen molar-refractivity contribution in [2.45, 2.75) is 31.8 Å². The van der Waals surface area contributed by atoms with E-state index in [-0.39, 0.29) is 35.8 Å². The van der Waals surface area contributed by atoms with Gasteiger partial charge in [0.2, 0.25) is 11.8 Å². The van der Waals surface area contributed by atoms with Crippen molar-refractivity contribution in [1.82, 2.24) is 10.6 Å². The molecule has 23 heavy (non-hydrogen) atoms. The molecular weight excluding hydrogens is 340 g/mol. The fraction of sp³-hybridized carbons (Fsp3) is 0.467. The lowest BCUT2D eigenvalue weighted by Gasteiger charge is -2.19. The number of rotatable bonds is 5. The standard InChI is InChI=1S/C15H19ClN2O4S/c1-10(19)17-14(11-2-4-12(16)5-3-11)8-15(20)18-13-6-7-23(21,22)9-13/h2-5,13-14H,6-9H2,1H3,(H,17,19)(H,18,20)/t13-,14-/m0/s1. The molecule has 2 atom stereocenters. The first kappa shape index (κ1) is 17.7. The summed E-state index contributed by atoms with van der Waals surface area (Å²) in [5.74, 6) is -0.462. The number of nitrogens with one attached hydrogen (secondary N) is 2. The normalized spacial score (nSPS) is 20.7. The van der Waals surface area contributed by atoms with Crippen molar-refractivity contribution in [3.05, 3.63) is 34.9 Å². The minimum absolute atomic E-state index is 0.0233. The Bertz CT molecular complexity index is 688. The molecule has 8 heteroatoms. The number of hydrogen-bond acceptors (Lipinski definition) is 4. The van der Waals surface area contributed by atoms with Gasteiger partial charge in [-0.25, -0.2) is 8.42 Å². The maximum Gasteiger partial charge on any atom is 0.222 e. The zero-order chi connectivity index (χ0) is 17.0. The van der Waals surface area contributed by atoms with Crippen molar-refractivity contribution in [3.8, 4) is 0 Å². The van der Waals surface area contributed by atoms with E-state index in [0.29, 0.717) is 11.4 Å². The molecule has 2 rings (SSSR count). The van der Waals surface area contributed by atoms with Gasteiger partial charge in [0.1, 0.15) is 0 Å². The van der Waals surface area contributed by atoms with Crippen LogP contribution in [0.5, 0.6) is 0 Å². The maximum atomic E-state index is 12.2. The van der Waals surface area contributed by atoms with Gasteiger partial charge >= 0.3 is 0 Å². The maximum absolute atomic E-state index is 12.2. The lowest BCUT2D eigenvalue weighted by molar-refractivity contribution is -0.123. The van der Waals surface area contributed by atoms with Crippen molar-refractivity contribution in [3.63, 3.8) is 0 Å². The summed E-state index contributed by atoms with van der Waals surface area (Å²) in [6.07, 6.45) is 0.470. The Morgan fingerprint density at radius 2 is 1.96 bits per heavy atom. The highest BCUT2D eigenvalue weighted by Gasteiger charge is 2.29. The molecule has 2 amide bonds. The summed E-state index contributed by atoms with van der Waals surface area (Å²) >= 11 is 5.84. The molecular formula is C15H19ClN2O4S. The Morgan fingerprint density at radius 1 is 1.30 bits per heavy atom. The molecule has 1 fully saturated rings. The zero-order valence-electron chi connectivity index (χ0n) is 12.7. The van der Waals surface area contributed by atoms with E-state index in [1.54, 1.807) is 24.3 Å². The lowest BCUT2D eigenvalue weighted by Crippen LogP contribution is -2.38. The van der Waals surface area contributed by atoms with Crippen LogP contribution in [0.15, 0.2) is 24.3 Å². The van der Waals surface area contributed by atoms with Gasteiger partial charge in [-0.2, -0.15) is 0 Å². The predicted molar refractivity (Wildman–Crippen MR) is 87.8 cm³/mol. The Labute approximate surface area is 140 Å². The highest BCUT2D eigenvalue weighted by Crippen LogP contribution is 2.20. The van der Waals surface area contributed by atoms with Crippen molar-refractivity contribution < 1.29 is 18.0 Å². The van der Waals surface area contributed by atoms with Crippen molar-refractivity contribution in [2.75, 3.05) is 11.5 Å². The average Bonchev–Trinajstić information content (AvgIpc) is 2.77. The molecule has 6 nitrogen and oxygen atoms in total. The summed E-state index contributed by atoms with van der Waals surface area (Å²) in [6, 6.07) is 6.03. The summed E-state index contributed by atoms with van der Waals surface area (Å²) < 4.78 is 22.8. The van der Waals surface area contributed by atoms with E-state index in [2.05, 4.69) is 10.6 Å². The number of halogens is 1. The van der Waals surface area contributed by atoms with E-state index in [9.17, 15) is 18.0 Å². The average molecular weight is 359 g/mol. The van der Waals surface area contributed by atoms with E-state index in [1.807, 2.05) is 0 Å². The largest absolute Gasteiger partial charge is 0.352 e. The summed E-state index contributed by atoms with van der Waals surface area (Å²) in [5, 5.41) is 6.02. The topological polar surface area (TPSA) is 92.3 Å². The van der Waals surface area contributed by atoms with Crippen molar-refractivity contribution >= 4 is 33.3 Å². The SMILES string of the molecule is CC(=O)N[C@@H](CC(=O)N[C@H]1CCS(=O)(=O)C1)c1ccc(Cl)cc1. The molecule has 1 aromatic rings. The third-order valence-corrected chi connectivity index (χ3v) is 5.66. The Morgan fingerprint density at radius 3 is 2.48 bits per heavy atom. The summed E-state index contributed by atoms with van der Waals surface area (Å²) in [4.78, 5) is 23.5.